The lowest BCUT2D eigenvalue weighted by atomic mass is 9.75. The Morgan fingerprint density at radius 1 is 0.966 bits per heavy atom. The van der Waals surface area contributed by atoms with Gasteiger partial charge < -0.3 is 0 Å². The largest absolute Gasteiger partial charge is 0.260 e. The van der Waals surface area contributed by atoms with E-state index in [-0.39, 0.29) is 17.2 Å². The molecule has 3 rings (SSSR count). The van der Waals surface area contributed by atoms with Crippen LogP contribution in [-0.4, -0.2) is 15.0 Å². The standard InChI is InChI=1S/C24H25FN4/c1-23(2,3)22(17-11-27-15-28-12-17)21-9-6-16(13-29-21)19-8-7-18(10-20(19)25)24(4,5)14-26/h6-13,15,22H,1-5H3. The average Bonchev–Trinajstić information content (AvgIpc) is 2.68. The van der Waals surface area contributed by atoms with E-state index < -0.39 is 5.41 Å². The van der Waals surface area contributed by atoms with Crippen LogP contribution >= 0.6 is 0 Å². The third kappa shape index (κ3) is 4.32. The highest BCUT2D eigenvalue weighted by atomic mass is 19.1. The van der Waals surface area contributed by atoms with Crippen molar-refractivity contribution in [3.05, 3.63) is 77.9 Å². The van der Waals surface area contributed by atoms with E-state index >= 15 is 0 Å². The molecular weight excluding hydrogens is 363 g/mol. The molecule has 2 heterocycles. The van der Waals surface area contributed by atoms with Crippen LogP contribution < -0.4 is 0 Å². The zero-order chi connectivity index (χ0) is 21.2. The lowest BCUT2D eigenvalue weighted by Crippen LogP contribution is -2.21. The van der Waals surface area contributed by atoms with E-state index in [4.69, 9.17) is 0 Å². The van der Waals surface area contributed by atoms with Gasteiger partial charge in [0.15, 0.2) is 0 Å². The Bertz CT molecular complexity index is 1030. The zero-order valence-electron chi connectivity index (χ0n) is 17.4. The van der Waals surface area contributed by atoms with E-state index in [1.165, 1.54) is 12.4 Å². The third-order valence-corrected chi connectivity index (χ3v) is 5.14. The van der Waals surface area contributed by atoms with Crippen molar-refractivity contribution >= 4 is 0 Å². The molecule has 2 aromatic heterocycles. The molecule has 0 aliphatic rings. The molecular formula is C24H25FN4. The van der Waals surface area contributed by atoms with Crippen molar-refractivity contribution in [2.24, 2.45) is 5.41 Å². The van der Waals surface area contributed by atoms with E-state index in [1.54, 1.807) is 32.2 Å². The van der Waals surface area contributed by atoms with Crippen molar-refractivity contribution < 1.29 is 4.39 Å². The lowest BCUT2D eigenvalue weighted by molar-refractivity contribution is 0.352. The zero-order valence-corrected chi connectivity index (χ0v) is 17.4. The van der Waals surface area contributed by atoms with E-state index in [2.05, 4.69) is 41.8 Å². The van der Waals surface area contributed by atoms with Gasteiger partial charge in [0.05, 0.1) is 11.5 Å². The summed E-state index contributed by atoms with van der Waals surface area (Å²) >= 11 is 0. The maximum atomic E-state index is 14.8. The number of pyridine rings is 1. The van der Waals surface area contributed by atoms with Gasteiger partial charge in [0.1, 0.15) is 12.1 Å². The molecule has 0 bridgehead atoms. The SMILES string of the molecule is CC(C)(C#N)c1ccc(-c2ccc(C(c3cncnc3)C(C)(C)C)nc2)c(F)c1. The van der Waals surface area contributed by atoms with Gasteiger partial charge in [-0.3, -0.25) is 4.98 Å². The van der Waals surface area contributed by atoms with Gasteiger partial charge in [-0.2, -0.15) is 5.26 Å². The molecule has 3 aromatic rings. The number of nitrogens with zero attached hydrogens (tertiary/aromatic N) is 4. The first-order chi connectivity index (χ1) is 13.6. The van der Waals surface area contributed by atoms with E-state index in [0.29, 0.717) is 16.7 Å². The second-order valence-corrected chi connectivity index (χ2v) is 8.87. The predicted molar refractivity (Wildman–Crippen MR) is 112 cm³/mol. The van der Waals surface area contributed by atoms with Crippen LogP contribution in [0.15, 0.2) is 55.2 Å². The summed E-state index contributed by atoms with van der Waals surface area (Å²) in [5.41, 5.74) is 2.88. The molecule has 4 nitrogen and oxygen atoms in total. The van der Waals surface area contributed by atoms with Crippen molar-refractivity contribution in [1.29, 1.82) is 5.26 Å². The molecule has 0 spiro atoms. The highest BCUT2D eigenvalue weighted by Crippen LogP contribution is 2.39. The van der Waals surface area contributed by atoms with Crippen LogP contribution in [0.3, 0.4) is 0 Å². The molecule has 1 atom stereocenters. The summed E-state index contributed by atoms with van der Waals surface area (Å²) in [7, 11) is 0. The number of nitriles is 1. The number of rotatable bonds is 4. The normalized spacial score (nSPS) is 13.0. The summed E-state index contributed by atoms with van der Waals surface area (Å²) < 4.78 is 14.8. The second-order valence-electron chi connectivity index (χ2n) is 8.87. The maximum Gasteiger partial charge on any atom is 0.131 e. The van der Waals surface area contributed by atoms with Crippen molar-refractivity contribution in [3.8, 4) is 17.2 Å². The molecule has 148 valence electrons. The van der Waals surface area contributed by atoms with Crippen LogP contribution in [0.2, 0.25) is 0 Å². The minimum atomic E-state index is -0.737. The fraction of sp³-hybridized carbons (Fsp3) is 0.333. The molecule has 0 aliphatic carbocycles. The predicted octanol–water partition coefficient (Wildman–Crippen LogP) is 5.66. The highest BCUT2D eigenvalue weighted by molar-refractivity contribution is 5.64. The van der Waals surface area contributed by atoms with Crippen molar-refractivity contribution in [2.45, 2.75) is 46.0 Å². The summed E-state index contributed by atoms with van der Waals surface area (Å²) in [4.78, 5) is 12.9. The van der Waals surface area contributed by atoms with Gasteiger partial charge in [-0.25, -0.2) is 14.4 Å². The minimum absolute atomic E-state index is 0.0152. The molecule has 0 saturated heterocycles. The van der Waals surface area contributed by atoms with Crippen LogP contribution in [-0.2, 0) is 5.41 Å². The van der Waals surface area contributed by atoms with E-state index in [0.717, 1.165) is 11.3 Å². The number of hydrogen-bond donors (Lipinski definition) is 0. The number of benzene rings is 1. The Labute approximate surface area is 171 Å². The summed E-state index contributed by atoms with van der Waals surface area (Å²) in [5, 5.41) is 9.28. The van der Waals surface area contributed by atoms with Gasteiger partial charge in [-0.1, -0.05) is 39.0 Å². The first kappa shape index (κ1) is 20.6. The van der Waals surface area contributed by atoms with E-state index in [9.17, 15) is 9.65 Å². The quantitative estimate of drug-likeness (QED) is 0.579. The molecule has 5 heteroatoms. The van der Waals surface area contributed by atoms with E-state index in [1.807, 2.05) is 24.5 Å². The van der Waals surface area contributed by atoms with Gasteiger partial charge in [0.2, 0.25) is 0 Å². The first-order valence-electron chi connectivity index (χ1n) is 9.56. The summed E-state index contributed by atoms with van der Waals surface area (Å²) in [6.07, 6.45) is 6.84. The Morgan fingerprint density at radius 3 is 2.17 bits per heavy atom. The van der Waals surface area contributed by atoms with Crippen LogP contribution in [0.4, 0.5) is 4.39 Å². The average molecular weight is 388 g/mol. The number of hydrogen-bond acceptors (Lipinski definition) is 4. The van der Waals surface area contributed by atoms with Gasteiger partial charge in [-0.15, -0.1) is 0 Å². The van der Waals surface area contributed by atoms with Crippen LogP contribution in [0.1, 0.15) is 57.4 Å². The van der Waals surface area contributed by atoms with Gasteiger partial charge in [-0.05, 0) is 42.5 Å². The third-order valence-electron chi connectivity index (χ3n) is 5.14. The molecule has 0 amide bonds. The Morgan fingerprint density at radius 2 is 1.66 bits per heavy atom. The van der Waals surface area contributed by atoms with Gasteiger partial charge in [0, 0.05) is 41.3 Å². The summed E-state index contributed by atoms with van der Waals surface area (Å²) in [5.74, 6) is -0.342. The molecule has 1 aromatic carbocycles. The Hall–Kier alpha value is -3.13. The van der Waals surface area contributed by atoms with Crippen LogP contribution in [0.5, 0.6) is 0 Å². The summed E-state index contributed by atoms with van der Waals surface area (Å²) in [6.45, 7) is 10.00. The topological polar surface area (TPSA) is 62.5 Å². The maximum absolute atomic E-state index is 14.8. The lowest BCUT2D eigenvalue weighted by Gasteiger charge is -2.30. The number of halogens is 1. The number of aromatic nitrogens is 3. The fourth-order valence-electron chi connectivity index (χ4n) is 3.51. The van der Waals surface area contributed by atoms with Crippen LogP contribution in [0, 0.1) is 22.6 Å². The van der Waals surface area contributed by atoms with Crippen molar-refractivity contribution in [3.63, 3.8) is 0 Å². The minimum Gasteiger partial charge on any atom is -0.260 e. The van der Waals surface area contributed by atoms with Crippen molar-refractivity contribution in [1.82, 2.24) is 15.0 Å². The Balaban J connectivity index is 1.97. The highest BCUT2D eigenvalue weighted by Gasteiger charge is 2.29. The van der Waals surface area contributed by atoms with Gasteiger partial charge in [0.25, 0.3) is 0 Å². The molecule has 0 N–H and O–H groups in total. The smallest absolute Gasteiger partial charge is 0.131 e. The monoisotopic (exact) mass is 388 g/mol. The first-order valence-corrected chi connectivity index (χ1v) is 9.56. The fourth-order valence-corrected chi connectivity index (χ4v) is 3.51. The second kappa shape index (κ2) is 7.71. The van der Waals surface area contributed by atoms with Crippen molar-refractivity contribution in [2.75, 3.05) is 0 Å². The molecule has 1 unspecified atom stereocenters. The van der Waals surface area contributed by atoms with Gasteiger partial charge >= 0.3 is 0 Å². The van der Waals surface area contributed by atoms with Crippen LogP contribution in [0.25, 0.3) is 11.1 Å². The molecule has 0 aliphatic heterocycles. The molecule has 0 saturated carbocycles. The summed E-state index contributed by atoms with van der Waals surface area (Å²) in [6, 6.07) is 11.0. The molecule has 29 heavy (non-hydrogen) atoms. The molecule has 0 fully saturated rings. The Kier molecular flexibility index (Phi) is 5.48. The molecule has 0 radical (unpaired) electrons.